The number of rotatable bonds is 4. The molecule has 22 heavy (non-hydrogen) atoms. The molecule has 4 nitrogen and oxygen atoms in total. The van der Waals surface area contributed by atoms with Crippen molar-refractivity contribution in [2.75, 3.05) is 5.32 Å². The number of hydrogen-bond acceptors (Lipinski definition) is 3. The van der Waals surface area contributed by atoms with Crippen molar-refractivity contribution in [2.24, 2.45) is 0 Å². The van der Waals surface area contributed by atoms with Gasteiger partial charge >= 0.3 is 5.97 Å². The first kappa shape index (κ1) is 15.8. The van der Waals surface area contributed by atoms with E-state index in [1.54, 1.807) is 19.1 Å². The Morgan fingerprint density at radius 1 is 0.909 bits per heavy atom. The minimum Gasteiger partial charge on any atom is -0.449 e. The molecule has 0 aliphatic rings. The van der Waals surface area contributed by atoms with E-state index in [-0.39, 0.29) is 5.91 Å². The summed E-state index contributed by atoms with van der Waals surface area (Å²) in [5, 5.41) is 2.72. The van der Waals surface area contributed by atoms with Gasteiger partial charge in [0.2, 0.25) is 0 Å². The average Bonchev–Trinajstić information content (AvgIpc) is 2.50. The van der Waals surface area contributed by atoms with Crippen LogP contribution in [0, 0.1) is 13.8 Å². The second kappa shape index (κ2) is 6.89. The van der Waals surface area contributed by atoms with Crippen LogP contribution in [0.5, 0.6) is 0 Å². The van der Waals surface area contributed by atoms with Crippen LogP contribution in [0.2, 0.25) is 0 Å². The lowest BCUT2D eigenvalue weighted by Gasteiger charge is -2.13. The van der Waals surface area contributed by atoms with Gasteiger partial charge in [-0.15, -0.1) is 0 Å². The first-order valence-corrected chi connectivity index (χ1v) is 7.11. The Kier molecular flexibility index (Phi) is 4.94. The minimum absolute atomic E-state index is 0.357. The Morgan fingerprint density at radius 3 is 1.95 bits per heavy atom. The molecule has 1 N–H and O–H groups in total. The van der Waals surface area contributed by atoms with E-state index < -0.39 is 12.1 Å². The molecule has 0 fully saturated rings. The zero-order valence-corrected chi connectivity index (χ0v) is 12.9. The van der Waals surface area contributed by atoms with E-state index in [9.17, 15) is 9.59 Å². The van der Waals surface area contributed by atoms with Crippen LogP contribution in [0.1, 0.15) is 28.4 Å². The highest BCUT2D eigenvalue weighted by Gasteiger charge is 2.18. The van der Waals surface area contributed by atoms with E-state index in [1.165, 1.54) is 0 Å². The Balaban J connectivity index is 1.94. The summed E-state index contributed by atoms with van der Waals surface area (Å²) < 4.78 is 5.18. The topological polar surface area (TPSA) is 55.4 Å². The number of aryl methyl sites for hydroxylation is 2. The highest BCUT2D eigenvalue weighted by Crippen LogP contribution is 2.11. The van der Waals surface area contributed by atoms with Crippen LogP contribution in [0.3, 0.4) is 0 Å². The molecule has 4 heteroatoms. The van der Waals surface area contributed by atoms with E-state index in [1.807, 2.05) is 50.2 Å². The molecule has 0 bridgehead atoms. The van der Waals surface area contributed by atoms with Gasteiger partial charge in [0, 0.05) is 5.69 Å². The molecule has 0 aliphatic heterocycles. The predicted molar refractivity (Wildman–Crippen MR) is 85.9 cm³/mol. The van der Waals surface area contributed by atoms with Gasteiger partial charge < -0.3 is 10.1 Å². The third kappa shape index (κ3) is 4.19. The molecular weight excluding hydrogens is 278 g/mol. The lowest BCUT2D eigenvalue weighted by atomic mass is 10.1. The maximum absolute atomic E-state index is 12.0. The summed E-state index contributed by atoms with van der Waals surface area (Å²) in [4.78, 5) is 24.0. The third-order valence-electron chi connectivity index (χ3n) is 3.26. The summed E-state index contributed by atoms with van der Waals surface area (Å²) >= 11 is 0. The molecule has 0 radical (unpaired) electrons. The number of nitrogens with one attached hydrogen (secondary N) is 1. The molecule has 0 spiro atoms. The van der Waals surface area contributed by atoms with Crippen molar-refractivity contribution < 1.29 is 14.3 Å². The van der Waals surface area contributed by atoms with Crippen LogP contribution in [-0.4, -0.2) is 18.0 Å². The molecule has 114 valence electrons. The van der Waals surface area contributed by atoms with Crippen molar-refractivity contribution in [1.29, 1.82) is 0 Å². The largest absolute Gasteiger partial charge is 0.449 e. The quantitative estimate of drug-likeness (QED) is 0.879. The summed E-state index contributed by atoms with van der Waals surface area (Å²) in [6.07, 6.45) is -0.866. The van der Waals surface area contributed by atoms with Crippen LogP contribution in [-0.2, 0) is 9.53 Å². The second-order valence-corrected chi connectivity index (χ2v) is 5.27. The van der Waals surface area contributed by atoms with E-state index >= 15 is 0 Å². The van der Waals surface area contributed by atoms with Gasteiger partial charge in [0.05, 0.1) is 5.56 Å². The average molecular weight is 297 g/mol. The maximum Gasteiger partial charge on any atom is 0.338 e. The molecule has 0 saturated carbocycles. The summed E-state index contributed by atoms with van der Waals surface area (Å²) in [6.45, 7) is 5.46. The molecule has 0 unspecified atom stereocenters. The van der Waals surface area contributed by atoms with Crippen molar-refractivity contribution in [3.8, 4) is 0 Å². The number of amides is 1. The molecule has 2 aromatic carbocycles. The molecule has 1 atom stereocenters. The number of esters is 1. The van der Waals surface area contributed by atoms with Crippen LogP contribution in [0.15, 0.2) is 48.5 Å². The fourth-order valence-corrected chi connectivity index (χ4v) is 1.85. The van der Waals surface area contributed by atoms with Gasteiger partial charge in [0.25, 0.3) is 5.91 Å². The highest BCUT2D eigenvalue weighted by atomic mass is 16.5. The molecule has 0 aliphatic carbocycles. The normalized spacial score (nSPS) is 11.6. The van der Waals surface area contributed by atoms with Crippen LogP contribution in [0.25, 0.3) is 0 Å². The van der Waals surface area contributed by atoms with Gasteiger partial charge in [0.1, 0.15) is 0 Å². The maximum atomic E-state index is 12.0. The lowest BCUT2D eigenvalue weighted by Crippen LogP contribution is -2.30. The fraction of sp³-hybridized carbons (Fsp3) is 0.222. The first-order valence-electron chi connectivity index (χ1n) is 7.11. The minimum atomic E-state index is -0.866. The molecular formula is C18H19NO3. The predicted octanol–water partition coefficient (Wildman–Crippen LogP) is 3.49. The van der Waals surface area contributed by atoms with Gasteiger partial charge in [-0.25, -0.2) is 4.79 Å². The Hall–Kier alpha value is -2.62. The number of hydrogen-bond donors (Lipinski definition) is 1. The monoisotopic (exact) mass is 297 g/mol. The summed E-state index contributed by atoms with van der Waals surface area (Å²) in [5.74, 6) is -0.865. The first-order chi connectivity index (χ1) is 10.5. The summed E-state index contributed by atoms with van der Waals surface area (Å²) in [7, 11) is 0. The Morgan fingerprint density at radius 2 is 1.41 bits per heavy atom. The fourth-order valence-electron chi connectivity index (χ4n) is 1.85. The smallest absolute Gasteiger partial charge is 0.338 e. The van der Waals surface area contributed by atoms with Crippen molar-refractivity contribution in [3.05, 3.63) is 65.2 Å². The standard InChI is InChI=1S/C18H19NO3/c1-12-4-8-15(9-5-12)18(21)22-14(3)17(20)19-16-10-6-13(2)7-11-16/h4-11,14H,1-3H3,(H,19,20)/t14-/m0/s1. The van der Waals surface area contributed by atoms with Crippen molar-refractivity contribution >= 4 is 17.6 Å². The number of ether oxygens (including phenoxy) is 1. The summed E-state index contributed by atoms with van der Waals surface area (Å²) in [5.41, 5.74) is 3.27. The van der Waals surface area contributed by atoms with Gasteiger partial charge in [-0.1, -0.05) is 35.4 Å². The van der Waals surface area contributed by atoms with Crippen LogP contribution >= 0.6 is 0 Å². The number of anilines is 1. The van der Waals surface area contributed by atoms with Gasteiger partial charge in [-0.3, -0.25) is 4.79 Å². The van der Waals surface area contributed by atoms with Crippen molar-refractivity contribution in [3.63, 3.8) is 0 Å². The lowest BCUT2D eigenvalue weighted by molar-refractivity contribution is -0.123. The highest BCUT2D eigenvalue weighted by molar-refractivity contribution is 5.97. The molecule has 2 rings (SSSR count). The van der Waals surface area contributed by atoms with Crippen molar-refractivity contribution in [2.45, 2.75) is 26.9 Å². The molecule has 0 heterocycles. The van der Waals surface area contributed by atoms with E-state index in [4.69, 9.17) is 4.74 Å². The van der Waals surface area contributed by atoms with Crippen molar-refractivity contribution in [1.82, 2.24) is 0 Å². The second-order valence-electron chi connectivity index (χ2n) is 5.27. The van der Waals surface area contributed by atoms with Gasteiger partial charge in [-0.05, 0) is 45.0 Å². The molecule has 2 aromatic rings. The molecule has 0 saturated heterocycles. The number of carbonyl (C=O) groups is 2. The third-order valence-corrected chi connectivity index (χ3v) is 3.26. The number of benzene rings is 2. The zero-order valence-electron chi connectivity index (χ0n) is 12.9. The zero-order chi connectivity index (χ0) is 16.1. The van der Waals surface area contributed by atoms with Gasteiger partial charge in [0.15, 0.2) is 6.10 Å². The molecule has 0 aromatic heterocycles. The SMILES string of the molecule is Cc1ccc(NC(=O)[C@H](C)OC(=O)c2ccc(C)cc2)cc1. The summed E-state index contributed by atoms with van der Waals surface area (Å²) in [6, 6.07) is 14.4. The van der Waals surface area contributed by atoms with Crippen LogP contribution in [0.4, 0.5) is 5.69 Å². The van der Waals surface area contributed by atoms with E-state index in [2.05, 4.69) is 5.32 Å². The number of carbonyl (C=O) groups excluding carboxylic acids is 2. The van der Waals surface area contributed by atoms with E-state index in [0.29, 0.717) is 11.3 Å². The Bertz CT molecular complexity index is 660. The Labute approximate surface area is 130 Å². The van der Waals surface area contributed by atoms with E-state index in [0.717, 1.165) is 11.1 Å². The van der Waals surface area contributed by atoms with Crippen LogP contribution < -0.4 is 5.32 Å². The molecule has 1 amide bonds. The van der Waals surface area contributed by atoms with Gasteiger partial charge in [-0.2, -0.15) is 0 Å².